The molecule has 1 aromatic carbocycles. The lowest BCUT2D eigenvalue weighted by molar-refractivity contribution is -0.229. The van der Waals surface area contributed by atoms with Gasteiger partial charge in [-0.15, -0.1) is 11.8 Å². The Hall–Kier alpha value is -1.16. The van der Waals surface area contributed by atoms with Gasteiger partial charge in [-0.3, -0.25) is 4.79 Å². The van der Waals surface area contributed by atoms with Crippen molar-refractivity contribution >= 4 is 23.4 Å². The van der Waals surface area contributed by atoms with Crippen LogP contribution < -0.4 is 5.32 Å². The van der Waals surface area contributed by atoms with E-state index in [-0.39, 0.29) is 5.91 Å². The first-order chi connectivity index (χ1) is 12.7. The molecule has 0 aliphatic carbocycles. The molecule has 7 nitrogen and oxygen atoms in total. The molecule has 8 heteroatoms. The van der Waals surface area contributed by atoms with Crippen molar-refractivity contribution in [1.29, 1.82) is 0 Å². The summed E-state index contributed by atoms with van der Waals surface area (Å²) in [5.74, 6) is -1.94. The van der Waals surface area contributed by atoms with E-state index in [0.717, 1.165) is 10.6 Å². The number of nitrogens with one attached hydrogen (secondary N) is 1. The summed E-state index contributed by atoms with van der Waals surface area (Å²) in [5.41, 5.74) is 0.736. The molecule has 5 atom stereocenters. The Kier molecular flexibility index (Phi) is 4.77. The molecule has 1 N–H and O–H groups in total. The Morgan fingerprint density at radius 2 is 1.59 bits per heavy atom. The molecule has 27 heavy (non-hydrogen) atoms. The number of thioether (sulfide) groups is 1. The van der Waals surface area contributed by atoms with Gasteiger partial charge in [-0.05, 0) is 46.1 Å². The molecule has 3 aliphatic heterocycles. The minimum Gasteiger partial charge on any atom is -0.342 e. The van der Waals surface area contributed by atoms with Crippen LogP contribution in [0.4, 0.5) is 5.69 Å². The van der Waals surface area contributed by atoms with Crippen molar-refractivity contribution in [2.24, 2.45) is 0 Å². The summed E-state index contributed by atoms with van der Waals surface area (Å²) in [7, 11) is 0. The third-order valence-corrected chi connectivity index (χ3v) is 5.57. The van der Waals surface area contributed by atoms with Crippen molar-refractivity contribution in [3.05, 3.63) is 24.3 Å². The van der Waals surface area contributed by atoms with Gasteiger partial charge in [0.1, 0.15) is 18.3 Å². The molecule has 3 aliphatic rings. The molecule has 0 radical (unpaired) electrons. The maximum atomic E-state index is 13.1. The number of rotatable bonds is 3. The van der Waals surface area contributed by atoms with Crippen LogP contribution in [-0.4, -0.2) is 54.4 Å². The van der Waals surface area contributed by atoms with E-state index >= 15 is 0 Å². The second-order valence-corrected chi connectivity index (χ2v) is 8.63. The van der Waals surface area contributed by atoms with Crippen molar-refractivity contribution in [1.82, 2.24) is 0 Å². The summed E-state index contributed by atoms with van der Waals surface area (Å²) >= 11 is 1.56. The molecule has 3 fully saturated rings. The van der Waals surface area contributed by atoms with E-state index in [1.54, 1.807) is 11.8 Å². The summed E-state index contributed by atoms with van der Waals surface area (Å²) in [4.78, 5) is 14.0. The number of hydrogen-bond acceptors (Lipinski definition) is 7. The SMILES string of the molecule is CSc1ccccc1NC(=O)[C@@H]1O[C@@H]2OC(C)(C)O[C@@H]2[C@@H]2OC(C)(C)O[C@@H]21. The molecule has 0 bridgehead atoms. The van der Waals surface area contributed by atoms with Crippen LogP contribution in [0, 0.1) is 0 Å². The molecule has 4 rings (SSSR count). The fourth-order valence-corrected chi connectivity index (χ4v) is 4.33. The Balaban J connectivity index is 1.59. The smallest absolute Gasteiger partial charge is 0.256 e. The Labute approximate surface area is 163 Å². The highest BCUT2D eigenvalue weighted by atomic mass is 32.2. The summed E-state index contributed by atoms with van der Waals surface area (Å²) in [6.45, 7) is 7.27. The maximum Gasteiger partial charge on any atom is 0.256 e. The van der Waals surface area contributed by atoms with Crippen LogP contribution in [0.1, 0.15) is 27.7 Å². The van der Waals surface area contributed by atoms with Gasteiger partial charge in [-0.2, -0.15) is 0 Å². The molecule has 0 aromatic heterocycles. The molecule has 1 aromatic rings. The predicted octanol–water partition coefficient (Wildman–Crippen LogP) is 2.74. The number of anilines is 1. The van der Waals surface area contributed by atoms with Crippen LogP contribution in [0.5, 0.6) is 0 Å². The van der Waals surface area contributed by atoms with Gasteiger partial charge in [0.05, 0.1) is 5.69 Å². The maximum absolute atomic E-state index is 13.1. The normalized spacial score (nSPS) is 36.1. The molecule has 3 heterocycles. The van der Waals surface area contributed by atoms with E-state index in [4.69, 9.17) is 23.7 Å². The van der Waals surface area contributed by atoms with Gasteiger partial charge < -0.3 is 29.0 Å². The van der Waals surface area contributed by atoms with Gasteiger partial charge in [0, 0.05) is 4.90 Å². The molecular formula is C19H25NO6S. The lowest BCUT2D eigenvalue weighted by atomic mass is 9.98. The zero-order valence-corrected chi connectivity index (χ0v) is 16.9. The van der Waals surface area contributed by atoms with E-state index in [1.165, 1.54) is 0 Å². The van der Waals surface area contributed by atoms with E-state index in [0.29, 0.717) is 0 Å². The topological polar surface area (TPSA) is 75.3 Å². The van der Waals surface area contributed by atoms with Crippen molar-refractivity contribution in [3.8, 4) is 0 Å². The van der Waals surface area contributed by atoms with Crippen LogP contribution in [-0.2, 0) is 28.5 Å². The van der Waals surface area contributed by atoms with Gasteiger partial charge >= 0.3 is 0 Å². The van der Waals surface area contributed by atoms with E-state index in [1.807, 2.05) is 58.2 Å². The molecular weight excluding hydrogens is 370 g/mol. The van der Waals surface area contributed by atoms with Crippen LogP contribution >= 0.6 is 11.8 Å². The van der Waals surface area contributed by atoms with Crippen LogP contribution in [0.2, 0.25) is 0 Å². The minimum atomic E-state index is -0.870. The number of hydrogen-bond donors (Lipinski definition) is 1. The molecule has 0 unspecified atom stereocenters. The standard InChI is InChI=1S/C19H25NO6S/c1-18(2)23-12-13(24-18)15-17(26-19(3,4)25-15)22-14(12)16(21)20-10-8-6-7-9-11(10)27-5/h6-9,12-15,17H,1-5H3,(H,20,21)/t12-,13+,14+,15+,17+/m0/s1. The summed E-state index contributed by atoms with van der Waals surface area (Å²) in [6, 6.07) is 7.63. The lowest BCUT2D eigenvalue weighted by Gasteiger charge is -2.36. The van der Waals surface area contributed by atoms with Crippen molar-refractivity contribution < 1.29 is 28.5 Å². The van der Waals surface area contributed by atoms with E-state index < -0.39 is 42.3 Å². The number of benzene rings is 1. The van der Waals surface area contributed by atoms with Crippen LogP contribution in [0.25, 0.3) is 0 Å². The first-order valence-electron chi connectivity index (χ1n) is 9.00. The fourth-order valence-electron chi connectivity index (χ4n) is 3.78. The number of ether oxygens (including phenoxy) is 5. The van der Waals surface area contributed by atoms with Crippen molar-refractivity contribution in [2.45, 2.75) is 74.9 Å². The average Bonchev–Trinajstić information content (AvgIpc) is 3.08. The van der Waals surface area contributed by atoms with E-state index in [9.17, 15) is 4.79 Å². The van der Waals surface area contributed by atoms with Crippen LogP contribution in [0.3, 0.4) is 0 Å². The highest BCUT2D eigenvalue weighted by Gasteiger charge is 2.62. The number of carbonyl (C=O) groups excluding carboxylic acids is 1. The molecule has 1 amide bonds. The zero-order valence-electron chi connectivity index (χ0n) is 16.1. The molecule has 148 valence electrons. The summed E-state index contributed by atoms with van der Waals surface area (Å²) in [6.07, 6.45) is -1.08. The summed E-state index contributed by atoms with van der Waals surface area (Å²) < 4.78 is 29.8. The lowest BCUT2D eigenvalue weighted by Crippen LogP contribution is -2.58. The number of carbonyl (C=O) groups is 1. The molecule has 0 spiro atoms. The number of amides is 1. The van der Waals surface area contributed by atoms with Crippen molar-refractivity contribution in [3.63, 3.8) is 0 Å². The third-order valence-electron chi connectivity index (χ3n) is 4.78. The Bertz CT molecular complexity index is 739. The monoisotopic (exact) mass is 395 g/mol. The van der Waals surface area contributed by atoms with Crippen molar-refractivity contribution in [2.75, 3.05) is 11.6 Å². The summed E-state index contributed by atoms with van der Waals surface area (Å²) in [5, 5.41) is 2.96. The zero-order chi connectivity index (χ0) is 19.4. The average molecular weight is 395 g/mol. The number of para-hydroxylation sites is 1. The Morgan fingerprint density at radius 3 is 2.33 bits per heavy atom. The van der Waals surface area contributed by atoms with Gasteiger partial charge in [-0.25, -0.2) is 0 Å². The van der Waals surface area contributed by atoms with Gasteiger partial charge in [0.2, 0.25) is 0 Å². The predicted molar refractivity (Wildman–Crippen MR) is 99.4 cm³/mol. The molecule has 3 saturated heterocycles. The largest absolute Gasteiger partial charge is 0.342 e. The molecule has 0 saturated carbocycles. The quantitative estimate of drug-likeness (QED) is 0.789. The highest BCUT2D eigenvalue weighted by Crippen LogP contribution is 2.44. The van der Waals surface area contributed by atoms with Gasteiger partial charge in [0.25, 0.3) is 5.91 Å². The Morgan fingerprint density at radius 1 is 0.963 bits per heavy atom. The second-order valence-electron chi connectivity index (χ2n) is 7.78. The number of fused-ring (bicyclic) bond motifs is 3. The second kappa shape index (κ2) is 6.72. The highest BCUT2D eigenvalue weighted by molar-refractivity contribution is 7.98. The van der Waals surface area contributed by atoms with Crippen LogP contribution in [0.15, 0.2) is 29.2 Å². The van der Waals surface area contributed by atoms with Gasteiger partial charge in [0.15, 0.2) is 24.0 Å². The third kappa shape index (κ3) is 3.62. The van der Waals surface area contributed by atoms with E-state index in [2.05, 4.69) is 5.32 Å². The fraction of sp³-hybridized carbons (Fsp3) is 0.632. The first-order valence-corrected chi connectivity index (χ1v) is 10.2. The first kappa shape index (κ1) is 19.2. The van der Waals surface area contributed by atoms with Gasteiger partial charge in [-0.1, -0.05) is 12.1 Å². The minimum absolute atomic E-state index is 0.292.